The minimum atomic E-state index is -0.388. The van der Waals surface area contributed by atoms with Crippen LogP contribution in [-0.4, -0.2) is 36.8 Å². The molecule has 1 N–H and O–H groups in total. The molecule has 1 aromatic rings. The lowest BCUT2D eigenvalue weighted by atomic mass is 10.1. The molecule has 0 amide bonds. The van der Waals surface area contributed by atoms with Gasteiger partial charge in [0, 0.05) is 25.5 Å². The largest absolute Gasteiger partial charge is 0.462 e. The van der Waals surface area contributed by atoms with E-state index in [1.165, 1.54) is 6.20 Å². The fourth-order valence-corrected chi connectivity index (χ4v) is 2.14. The number of aromatic nitrogens is 1. The molecule has 1 aliphatic rings. The molecule has 0 unspecified atom stereocenters. The average molecular weight is 285 g/mol. The van der Waals surface area contributed by atoms with Crippen molar-refractivity contribution in [2.45, 2.75) is 25.8 Å². The number of hydrogen-bond donors (Lipinski definition) is 1. The standard InChI is InChI=1S/C13H17ClN2O3/c1-2-19-13(17)10-8-15-12(14)7-11(10)16-9-3-5-18-6-4-9/h7-9H,2-6H2,1H3,(H,15,16). The van der Waals surface area contributed by atoms with Crippen LogP contribution in [0.4, 0.5) is 5.69 Å². The van der Waals surface area contributed by atoms with E-state index in [2.05, 4.69) is 10.3 Å². The number of anilines is 1. The Morgan fingerprint density at radius 1 is 1.58 bits per heavy atom. The fraction of sp³-hybridized carbons (Fsp3) is 0.538. The predicted molar refractivity (Wildman–Crippen MR) is 72.7 cm³/mol. The van der Waals surface area contributed by atoms with E-state index in [1.54, 1.807) is 13.0 Å². The van der Waals surface area contributed by atoms with Gasteiger partial charge in [-0.2, -0.15) is 0 Å². The smallest absolute Gasteiger partial charge is 0.341 e. The first kappa shape index (κ1) is 14.1. The average Bonchev–Trinajstić information content (AvgIpc) is 2.40. The molecule has 1 fully saturated rings. The first-order valence-electron chi connectivity index (χ1n) is 6.37. The fourth-order valence-electron chi connectivity index (χ4n) is 1.98. The quantitative estimate of drug-likeness (QED) is 0.680. The third kappa shape index (κ3) is 3.81. The van der Waals surface area contributed by atoms with E-state index < -0.39 is 0 Å². The SMILES string of the molecule is CCOC(=O)c1cnc(Cl)cc1NC1CCOCC1. The number of carbonyl (C=O) groups is 1. The molecule has 0 aromatic carbocycles. The number of esters is 1. The Balaban J connectivity index is 2.16. The van der Waals surface area contributed by atoms with Gasteiger partial charge in [0.2, 0.25) is 0 Å². The first-order chi connectivity index (χ1) is 9.20. The number of nitrogens with zero attached hydrogens (tertiary/aromatic N) is 1. The highest BCUT2D eigenvalue weighted by atomic mass is 35.5. The molecule has 19 heavy (non-hydrogen) atoms. The van der Waals surface area contributed by atoms with Gasteiger partial charge in [-0.05, 0) is 25.8 Å². The molecule has 5 nitrogen and oxygen atoms in total. The van der Waals surface area contributed by atoms with Crippen LogP contribution in [0.3, 0.4) is 0 Å². The van der Waals surface area contributed by atoms with Crippen LogP contribution in [0.1, 0.15) is 30.1 Å². The highest BCUT2D eigenvalue weighted by Gasteiger charge is 2.19. The molecule has 1 saturated heterocycles. The molecule has 0 spiro atoms. The maximum Gasteiger partial charge on any atom is 0.341 e. The summed E-state index contributed by atoms with van der Waals surface area (Å²) in [5, 5.41) is 3.67. The molecule has 1 aliphatic heterocycles. The van der Waals surface area contributed by atoms with Gasteiger partial charge in [0.1, 0.15) is 10.7 Å². The number of halogens is 1. The Kier molecular flexibility index (Phi) is 4.99. The van der Waals surface area contributed by atoms with Gasteiger partial charge in [-0.1, -0.05) is 11.6 Å². The van der Waals surface area contributed by atoms with Gasteiger partial charge in [0.15, 0.2) is 0 Å². The second-order valence-electron chi connectivity index (χ2n) is 4.30. The second-order valence-corrected chi connectivity index (χ2v) is 4.69. The van der Waals surface area contributed by atoms with Crippen LogP contribution in [0, 0.1) is 0 Å². The summed E-state index contributed by atoms with van der Waals surface area (Å²) in [4.78, 5) is 15.8. The van der Waals surface area contributed by atoms with Crippen LogP contribution in [0.2, 0.25) is 5.15 Å². The van der Waals surface area contributed by atoms with Crippen LogP contribution in [0.5, 0.6) is 0 Å². The van der Waals surface area contributed by atoms with Crippen molar-refractivity contribution >= 4 is 23.3 Å². The van der Waals surface area contributed by atoms with Crippen molar-refractivity contribution in [2.75, 3.05) is 25.1 Å². The lowest BCUT2D eigenvalue weighted by Gasteiger charge is -2.25. The minimum Gasteiger partial charge on any atom is -0.462 e. The van der Waals surface area contributed by atoms with E-state index >= 15 is 0 Å². The van der Waals surface area contributed by atoms with Gasteiger partial charge >= 0.3 is 5.97 Å². The maximum atomic E-state index is 11.8. The van der Waals surface area contributed by atoms with Gasteiger partial charge < -0.3 is 14.8 Å². The molecule has 1 aromatic heterocycles. The minimum absolute atomic E-state index is 0.278. The summed E-state index contributed by atoms with van der Waals surface area (Å²) in [6, 6.07) is 1.93. The van der Waals surface area contributed by atoms with Crippen molar-refractivity contribution in [3.8, 4) is 0 Å². The Hall–Kier alpha value is -1.33. The van der Waals surface area contributed by atoms with Gasteiger partial charge in [-0.25, -0.2) is 9.78 Å². The molecule has 104 valence electrons. The van der Waals surface area contributed by atoms with Crippen molar-refractivity contribution < 1.29 is 14.3 Å². The predicted octanol–water partition coefficient (Wildman–Crippen LogP) is 2.50. The van der Waals surface area contributed by atoms with Crippen LogP contribution in [0.25, 0.3) is 0 Å². The van der Waals surface area contributed by atoms with E-state index in [4.69, 9.17) is 21.1 Å². The third-order valence-electron chi connectivity index (χ3n) is 2.95. The Labute approximate surface area is 117 Å². The van der Waals surface area contributed by atoms with E-state index in [0.29, 0.717) is 23.0 Å². The Morgan fingerprint density at radius 3 is 3.00 bits per heavy atom. The van der Waals surface area contributed by atoms with Gasteiger partial charge in [0.05, 0.1) is 12.3 Å². The zero-order valence-electron chi connectivity index (χ0n) is 10.8. The summed E-state index contributed by atoms with van der Waals surface area (Å²) in [5.74, 6) is -0.388. The molecule has 0 aliphatic carbocycles. The zero-order valence-corrected chi connectivity index (χ0v) is 11.6. The normalized spacial score (nSPS) is 16.1. The summed E-state index contributed by atoms with van der Waals surface area (Å²) in [6.45, 7) is 3.56. The zero-order chi connectivity index (χ0) is 13.7. The van der Waals surface area contributed by atoms with E-state index in [-0.39, 0.29) is 12.0 Å². The van der Waals surface area contributed by atoms with Crippen LogP contribution in [0.15, 0.2) is 12.3 Å². The molecular weight excluding hydrogens is 268 g/mol. The molecule has 0 saturated carbocycles. The molecular formula is C13H17ClN2O3. The van der Waals surface area contributed by atoms with Gasteiger partial charge in [-0.15, -0.1) is 0 Å². The van der Waals surface area contributed by atoms with E-state index in [0.717, 1.165) is 26.1 Å². The molecule has 0 bridgehead atoms. The maximum absolute atomic E-state index is 11.8. The molecule has 2 heterocycles. The summed E-state index contributed by atoms with van der Waals surface area (Å²) in [5.41, 5.74) is 1.09. The Morgan fingerprint density at radius 2 is 2.32 bits per heavy atom. The summed E-state index contributed by atoms with van der Waals surface area (Å²) in [6.07, 6.45) is 3.26. The van der Waals surface area contributed by atoms with Crippen LogP contribution >= 0.6 is 11.6 Å². The van der Waals surface area contributed by atoms with Gasteiger partial charge in [0.25, 0.3) is 0 Å². The highest BCUT2D eigenvalue weighted by Crippen LogP contribution is 2.22. The molecule has 2 rings (SSSR count). The number of pyridine rings is 1. The number of carbonyl (C=O) groups excluding carboxylic acids is 1. The number of hydrogen-bond acceptors (Lipinski definition) is 5. The number of nitrogens with one attached hydrogen (secondary N) is 1. The second kappa shape index (κ2) is 6.73. The first-order valence-corrected chi connectivity index (χ1v) is 6.75. The lowest BCUT2D eigenvalue weighted by Crippen LogP contribution is -2.28. The molecule has 0 atom stereocenters. The molecule has 6 heteroatoms. The monoisotopic (exact) mass is 284 g/mol. The van der Waals surface area contributed by atoms with Crippen LogP contribution in [-0.2, 0) is 9.47 Å². The highest BCUT2D eigenvalue weighted by molar-refractivity contribution is 6.29. The summed E-state index contributed by atoms with van der Waals surface area (Å²) >= 11 is 5.89. The van der Waals surface area contributed by atoms with Crippen molar-refractivity contribution in [3.63, 3.8) is 0 Å². The van der Waals surface area contributed by atoms with Crippen LogP contribution < -0.4 is 5.32 Å². The Bertz CT molecular complexity index is 448. The lowest BCUT2D eigenvalue weighted by molar-refractivity contribution is 0.0527. The molecule has 0 radical (unpaired) electrons. The third-order valence-corrected chi connectivity index (χ3v) is 3.15. The van der Waals surface area contributed by atoms with Gasteiger partial charge in [-0.3, -0.25) is 0 Å². The van der Waals surface area contributed by atoms with Crippen molar-refractivity contribution in [1.29, 1.82) is 0 Å². The topological polar surface area (TPSA) is 60.5 Å². The van der Waals surface area contributed by atoms with E-state index in [9.17, 15) is 4.79 Å². The van der Waals surface area contributed by atoms with Crippen molar-refractivity contribution in [1.82, 2.24) is 4.98 Å². The number of rotatable bonds is 4. The summed E-state index contributed by atoms with van der Waals surface area (Å²) in [7, 11) is 0. The number of ether oxygens (including phenoxy) is 2. The summed E-state index contributed by atoms with van der Waals surface area (Å²) < 4.78 is 10.3. The van der Waals surface area contributed by atoms with Crippen molar-refractivity contribution in [3.05, 3.63) is 23.0 Å². The van der Waals surface area contributed by atoms with E-state index in [1.807, 2.05) is 0 Å². The van der Waals surface area contributed by atoms with Crippen molar-refractivity contribution in [2.24, 2.45) is 0 Å².